The minimum absolute atomic E-state index is 0.216. The van der Waals surface area contributed by atoms with Gasteiger partial charge in [-0.1, -0.05) is 12.8 Å². The van der Waals surface area contributed by atoms with Crippen LogP contribution in [0.2, 0.25) is 0 Å². The number of carbonyl (C=O) groups excluding carboxylic acids is 1. The lowest BCUT2D eigenvalue weighted by atomic mass is 9.93. The minimum Gasteiger partial charge on any atom is -0.377 e. The summed E-state index contributed by atoms with van der Waals surface area (Å²) in [6.45, 7) is 0. The highest BCUT2D eigenvalue weighted by atomic mass is 19.4. The maximum absolute atomic E-state index is 12.7. The van der Waals surface area contributed by atoms with Gasteiger partial charge in [0.2, 0.25) is 5.91 Å². The molecule has 1 aliphatic carbocycles. The average molecular weight is 284 g/mol. The van der Waals surface area contributed by atoms with E-state index in [0.29, 0.717) is 12.1 Å². The summed E-state index contributed by atoms with van der Waals surface area (Å²) in [5.74, 6) is -0.225. The number of fused-ring (bicyclic) bond motifs is 1. The van der Waals surface area contributed by atoms with Crippen molar-refractivity contribution >= 4 is 17.3 Å². The van der Waals surface area contributed by atoms with Crippen LogP contribution in [-0.4, -0.2) is 11.4 Å². The van der Waals surface area contributed by atoms with Crippen molar-refractivity contribution in [2.75, 3.05) is 10.6 Å². The van der Waals surface area contributed by atoms with E-state index in [-0.39, 0.29) is 17.1 Å². The summed E-state index contributed by atoms with van der Waals surface area (Å²) in [6, 6.07) is 3.45. The standard InChI is InChI=1S/C14H15F3N2O/c15-14(16,17)9-3-4-10-11(7-9)18-12(20)8-13(19-10)5-1-2-6-13/h3-4,7,19H,1-2,5-6,8H2,(H,18,20). The van der Waals surface area contributed by atoms with E-state index in [1.807, 2.05) is 0 Å². The van der Waals surface area contributed by atoms with E-state index in [9.17, 15) is 18.0 Å². The SMILES string of the molecule is O=C1CC2(CCCC2)Nc2ccc(C(F)(F)F)cc2N1. The van der Waals surface area contributed by atoms with Crippen LogP contribution in [0.5, 0.6) is 0 Å². The third-order valence-electron chi connectivity index (χ3n) is 4.08. The second kappa shape index (κ2) is 4.40. The quantitative estimate of drug-likeness (QED) is 0.761. The van der Waals surface area contributed by atoms with E-state index in [4.69, 9.17) is 0 Å². The lowest BCUT2D eigenvalue weighted by molar-refractivity contribution is -0.137. The van der Waals surface area contributed by atoms with Gasteiger partial charge in [0.15, 0.2) is 0 Å². The van der Waals surface area contributed by atoms with E-state index in [0.717, 1.165) is 37.8 Å². The molecule has 1 amide bonds. The lowest BCUT2D eigenvalue weighted by Crippen LogP contribution is -2.36. The van der Waals surface area contributed by atoms with Crippen molar-refractivity contribution in [3.8, 4) is 0 Å². The van der Waals surface area contributed by atoms with Crippen LogP contribution in [0.3, 0.4) is 0 Å². The van der Waals surface area contributed by atoms with Gasteiger partial charge in [0.25, 0.3) is 0 Å². The Morgan fingerprint density at radius 2 is 1.80 bits per heavy atom. The van der Waals surface area contributed by atoms with Gasteiger partial charge in [0.1, 0.15) is 0 Å². The Labute approximate surface area is 114 Å². The van der Waals surface area contributed by atoms with Crippen molar-refractivity contribution in [1.82, 2.24) is 0 Å². The number of benzene rings is 1. The number of hydrogen-bond donors (Lipinski definition) is 2. The normalized spacial score (nSPS) is 21.1. The molecule has 1 heterocycles. The van der Waals surface area contributed by atoms with Crippen LogP contribution in [0.15, 0.2) is 18.2 Å². The molecule has 0 saturated heterocycles. The molecule has 0 unspecified atom stereocenters. The van der Waals surface area contributed by atoms with Crippen molar-refractivity contribution in [2.45, 2.75) is 43.8 Å². The molecular weight excluding hydrogens is 269 g/mol. The smallest absolute Gasteiger partial charge is 0.377 e. The van der Waals surface area contributed by atoms with Crippen LogP contribution in [0, 0.1) is 0 Å². The van der Waals surface area contributed by atoms with Gasteiger partial charge in [-0.3, -0.25) is 4.79 Å². The molecule has 0 aromatic heterocycles. The van der Waals surface area contributed by atoms with Gasteiger partial charge < -0.3 is 10.6 Å². The number of halogens is 3. The zero-order valence-electron chi connectivity index (χ0n) is 10.8. The molecular formula is C14H15F3N2O. The second-order valence-corrected chi connectivity index (χ2v) is 5.60. The van der Waals surface area contributed by atoms with Gasteiger partial charge >= 0.3 is 6.18 Å². The molecule has 1 spiro atoms. The number of carbonyl (C=O) groups is 1. The molecule has 1 aromatic carbocycles. The van der Waals surface area contributed by atoms with E-state index in [2.05, 4.69) is 10.6 Å². The molecule has 0 atom stereocenters. The minimum atomic E-state index is -4.41. The van der Waals surface area contributed by atoms with Crippen LogP contribution < -0.4 is 10.6 Å². The van der Waals surface area contributed by atoms with E-state index in [1.54, 1.807) is 0 Å². The fourth-order valence-electron chi connectivity index (χ4n) is 3.12. The Morgan fingerprint density at radius 1 is 1.10 bits per heavy atom. The van der Waals surface area contributed by atoms with Gasteiger partial charge in [-0.25, -0.2) is 0 Å². The summed E-state index contributed by atoms with van der Waals surface area (Å²) >= 11 is 0. The highest BCUT2D eigenvalue weighted by Gasteiger charge is 2.39. The summed E-state index contributed by atoms with van der Waals surface area (Å²) in [7, 11) is 0. The first-order chi connectivity index (χ1) is 9.38. The summed E-state index contributed by atoms with van der Waals surface area (Å²) < 4.78 is 38.2. The fraction of sp³-hybridized carbons (Fsp3) is 0.500. The summed E-state index contributed by atoms with van der Waals surface area (Å²) in [5.41, 5.74) is -0.255. The topological polar surface area (TPSA) is 41.1 Å². The summed E-state index contributed by atoms with van der Waals surface area (Å²) in [5, 5.41) is 5.88. The predicted octanol–water partition coefficient (Wildman–Crippen LogP) is 3.77. The number of hydrogen-bond acceptors (Lipinski definition) is 2. The largest absolute Gasteiger partial charge is 0.416 e. The Bertz CT molecular complexity index is 548. The van der Waals surface area contributed by atoms with Crippen molar-refractivity contribution in [3.05, 3.63) is 23.8 Å². The van der Waals surface area contributed by atoms with Crippen LogP contribution in [-0.2, 0) is 11.0 Å². The Morgan fingerprint density at radius 3 is 2.45 bits per heavy atom. The van der Waals surface area contributed by atoms with E-state index < -0.39 is 11.7 Å². The summed E-state index contributed by atoms with van der Waals surface area (Å²) in [4.78, 5) is 11.9. The first-order valence-electron chi connectivity index (χ1n) is 6.67. The molecule has 1 aliphatic heterocycles. The fourth-order valence-corrected chi connectivity index (χ4v) is 3.12. The molecule has 6 heteroatoms. The van der Waals surface area contributed by atoms with Crippen LogP contribution in [0.4, 0.5) is 24.5 Å². The van der Waals surface area contributed by atoms with Crippen molar-refractivity contribution < 1.29 is 18.0 Å². The number of nitrogens with one attached hydrogen (secondary N) is 2. The Hall–Kier alpha value is -1.72. The second-order valence-electron chi connectivity index (χ2n) is 5.60. The molecule has 1 saturated carbocycles. The van der Waals surface area contributed by atoms with Gasteiger partial charge in [0.05, 0.1) is 16.9 Å². The molecule has 2 aliphatic rings. The van der Waals surface area contributed by atoms with E-state index in [1.165, 1.54) is 6.07 Å². The molecule has 20 heavy (non-hydrogen) atoms. The zero-order valence-corrected chi connectivity index (χ0v) is 10.8. The molecule has 0 radical (unpaired) electrons. The third-order valence-corrected chi connectivity index (χ3v) is 4.08. The van der Waals surface area contributed by atoms with Crippen LogP contribution in [0.1, 0.15) is 37.7 Å². The first kappa shape index (κ1) is 13.3. The monoisotopic (exact) mass is 284 g/mol. The predicted molar refractivity (Wildman–Crippen MR) is 69.5 cm³/mol. The Balaban J connectivity index is 1.99. The molecule has 0 bridgehead atoms. The van der Waals surface area contributed by atoms with Crippen LogP contribution in [0.25, 0.3) is 0 Å². The highest BCUT2D eigenvalue weighted by molar-refractivity contribution is 5.97. The van der Waals surface area contributed by atoms with Gasteiger partial charge in [-0.05, 0) is 31.0 Å². The molecule has 3 rings (SSSR count). The molecule has 2 N–H and O–H groups in total. The van der Waals surface area contributed by atoms with Crippen molar-refractivity contribution in [1.29, 1.82) is 0 Å². The Kier molecular flexibility index (Phi) is 2.92. The molecule has 1 fully saturated rings. The molecule has 3 nitrogen and oxygen atoms in total. The number of amides is 1. The number of anilines is 2. The maximum Gasteiger partial charge on any atom is 0.416 e. The van der Waals surface area contributed by atoms with Crippen LogP contribution >= 0.6 is 0 Å². The van der Waals surface area contributed by atoms with Crippen molar-refractivity contribution in [3.63, 3.8) is 0 Å². The third kappa shape index (κ3) is 2.34. The highest BCUT2D eigenvalue weighted by Crippen LogP contribution is 2.42. The number of alkyl halides is 3. The molecule has 108 valence electrons. The zero-order chi connectivity index (χ0) is 14.4. The van der Waals surface area contributed by atoms with E-state index >= 15 is 0 Å². The van der Waals surface area contributed by atoms with Gasteiger partial charge in [-0.2, -0.15) is 13.2 Å². The lowest BCUT2D eigenvalue weighted by Gasteiger charge is -2.28. The first-order valence-corrected chi connectivity index (χ1v) is 6.67. The van der Waals surface area contributed by atoms with Crippen molar-refractivity contribution in [2.24, 2.45) is 0 Å². The number of rotatable bonds is 0. The summed E-state index contributed by atoms with van der Waals surface area (Å²) in [6.07, 6.45) is -0.269. The average Bonchev–Trinajstić information content (AvgIpc) is 2.71. The van der Waals surface area contributed by atoms with Gasteiger partial charge in [-0.15, -0.1) is 0 Å². The molecule has 1 aromatic rings. The maximum atomic E-state index is 12.7. The van der Waals surface area contributed by atoms with Gasteiger partial charge in [0, 0.05) is 12.0 Å².